The SMILES string of the molecule is COc1ccccc1NS(=O)(=O)c1ccc(-c2cnc(C)o2)cc1. The molecule has 1 N–H and O–H groups in total. The van der Waals surface area contributed by atoms with Gasteiger partial charge in [-0.2, -0.15) is 0 Å². The summed E-state index contributed by atoms with van der Waals surface area (Å²) in [6, 6.07) is 13.2. The van der Waals surface area contributed by atoms with Gasteiger partial charge in [0.05, 0.1) is 23.9 Å². The summed E-state index contributed by atoms with van der Waals surface area (Å²) >= 11 is 0. The lowest BCUT2D eigenvalue weighted by Crippen LogP contribution is -2.13. The van der Waals surface area contributed by atoms with Gasteiger partial charge in [-0.15, -0.1) is 0 Å². The molecule has 6 nitrogen and oxygen atoms in total. The minimum Gasteiger partial charge on any atom is -0.495 e. The number of hydrogen-bond acceptors (Lipinski definition) is 5. The maximum atomic E-state index is 12.5. The molecule has 0 amide bonds. The summed E-state index contributed by atoms with van der Waals surface area (Å²) in [6.07, 6.45) is 1.60. The average Bonchev–Trinajstić information content (AvgIpc) is 3.02. The molecule has 2 aromatic carbocycles. The number of anilines is 1. The molecule has 3 rings (SSSR count). The fourth-order valence-corrected chi connectivity index (χ4v) is 3.30. The van der Waals surface area contributed by atoms with Gasteiger partial charge in [-0.1, -0.05) is 12.1 Å². The summed E-state index contributed by atoms with van der Waals surface area (Å²) in [5.74, 6) is 1.60. The number of hydrogen-bond donors (Lipinski definition) is 1. The van der Waals surface area contributed by atoms with Crippen LogP contribution in [0.4, 0.5) is 5.69 Å². The fourth-order valence-electron chi connectivity index (χ4n) is 2.23. The number of oxazole rings is 1. The highest BCUT2D eigenvalue weighted by atomic mass is 32.2. The third kappa shape index (κ3) is 3.26. The number of rotatable bonds is 5. The molecule has 1 heterocycles. The van der Waals surface area contributed by atoms with Crippen LogP contribution in [0.25, 0.3) is 11.3 Å². The summed E-state index contributed by atoms with van der Waals surface area (Å²) in [5.41, 5.74) is 1.14. The molecule has 0 spiro atoms. The molecule has 0 radical (unpaired) electrons. The molecule has 1 aromatic heterocycles. The summed E-state index contributed by atoms with van der Waals surface area (Å²) in [4.78, 5) is 4.17. The predicted octanol–water partition coefficient (Wildman–Crippen LogP) is 3.46. The van der Waals surface area contributed by atoms with E-state index in [1.54, 1.807) is 49.5 Å². The van der Waals surface area contributed by atoms with E-state index >= 15 is 0 Å². The van der Waals surface area contributed by atoms with Crippen LogP contribution in [0.15, 0.2) is 64.0 Å². The van der Waals surface area contributed by atoms with Gasteiger partial charge in [0, 0.05) is 12.5 Å². The van der Waals surface area contributed by atoms with E-state index in [-0.39, 0.29) is 4.90 Å². The number of ether oxygens (including phenoxy) is 1. The Morgan fingerprint density at radius 1 is 1.08 bits per heavy atom. The number of aryl methyl sites for hydroxylation is 1. The van der Waals surface area contributed by atoms with Crippen molar-refractivity contribution < 1.29 is 17.6 Å². The Bertz CT molecular complexity index is 947. The fraction of sp³-hybridized carbons (Fsp3) is 0.118. The highest BCUT2D eigenvalue weighted by Crippen LogP contribution is 2.27. The number of nitrogens with zero attached hydrogens (tertiary/aromatic N) is 1. The third-order valence-electron chi connectivity index (χ3n) is 3.42. The molecule has 0 saturated carbocycles. The number of benzene rings is 2. The van der Waals surface area contributed by atoms with Gasteiger partial charge in [-0.25, -0.2) is 13.4 Å². The van der Waals surface area contributed by atoms with E-state index in [0.29, 0.717) is 23.1 Å². The van der Waals surface area contributed by atoms with Crippen molar-refractivity contribution in [1.29, 1.82) is 0 Å². The summed E-state index contributed by atoms with van der Waals surface area (Å²) < 4.78 is 38.2. The van der Waals surface area contributed by atoms with Gasteiger partial charge in [-0.3, -0.25) is 4.72 Å². The molecule has 0 saturated heterocycles. The van der Waals surface area contributed by atoms with Gasteiger partial charge in [0.2, 0.25) is 0 Å². The van der Waals surface area contributed by atoms with E-state index in [4.69, 9.17) is 9.15 Å². The summed E-state index contributed by atoms with van der Waals surface area (Å²) in [7, 11) is -2.23. The number of aromatic nitrogens is 1. The molecule has 0 aliphatic rings. The second-order valence-electron chi connectivity index (χ2n) is 5.07. The molecule has 24 heavy (non-hydrogen) atoms. The maximum Gasteiger partial charge on any atom is 0.262 e. The normalized spacial score (nSPS) is 11.2. The standard InChI is InChI=1S/C17H16N2O4S/c1-12-18-11-17(23-12)13-7-9-14(10-8-13)24(20,21)19-15-5-3-4-6-16(15)22-2/h3-11,19H,1-2H3. The monoisotopic (exact) mass is 344 g/mol. The first-order valence-electron chi connectivity index (χ1n) is 7.18. The lowest BCUT2D eigenvalue weighted by molar-refractivity contribution is 0.417. The second-order valence-corrected chi connectivity index (χ2v) is 6.76. The first-order valence-corrected chi connectivity index (χ1v) is 8.66. The van der Waals surface area contributed by atoms with E-state index in [0.717, 1.165) is 5.56 Å². The van der Waals surface area contributed by atoms with Crippen molar-refractivity contribution in [2.45, 2.75) is 11.8 Å². The Balaban J connectivity index is 1.87. The smallest absolute Gasteiger partial charge is 0.262 e. The molecule has 124 valence electrons. The lowest BCUT2D eigenvalue weighted by Gasteiger charge is -2.11. The zero-order valence-electron chi connectivity index (χ0n) is 13.2. The van der Waals surface area contributed by atoms with Crippen LogP contribution in [0.3, 0.4) is 0 Å². The number of nitrogens with one attached hydrogen (secondary N) is 1. The van der Waals surface area contributed by atoms with E-state index in [1.807, 2.05) is 0 Å². The first kappa shape index (κ1) is 16.1. The summed E-state index contributed by atoms with van der Waals surface area (Å²) in [6.45, 7) is 1.75. The second kappa shape index (κ2) is 6.37. The van der Waals surface area contributed by atoms with Crippen LogP contribution in [0.1, 0.15) is 5.89 Å². The van der Waals surface area contributed by atoms with Crippen LogP contribution in [0, 0.1) is 6.92 Å². The summed E-state index contributed by atoms with van der Waals surface area (Å²) in [5, 5.41) is 0. The Hall–Kier alpha value is -2.80. The molecular weight excluding hydrogens is 328 g/mol. The Morgan fingerprint density at radius 2 is 1.79 bits per heavy atom. The number of para-hydroxylation sites is 2. The topological polar surface area (TPSA) is 81.4 Å². The van der Waals surface area contributed by atoms with Crippen LogP contribution >= 0.6 is 0 Å². The van der Waals surface area contributed by atoms with Gasteiger partial charge in [-0.05, 0) is 36.4 Å². The molecule has 0 fully saturated rings. The van der Waals surface area contributed by atoms with E-state index in [1.165, 1.54) is 19.2 Å². The van der Waals surface area contributed by atoms with Crippen molar-refractivity contribution in [3.8, 4) is 17.1 Å². The van der Waals surface area contributed by atoms with Gasteiger partial charge in [0.1, 0.15) is 5.75 Å². The van der Waals surface area contributed by atoms with Crippen LogP contribution < -0.4 is 9.46 Å². The Labute approximate surface area is 140 Å². The zero-order chi connectivity index (χ0) is 17.2. The third-order valence-corrected chi connectivity index (χ3v) is 4.80. The average molecular weight is 344 g/mol. The molecule has 0 aliphatic carbocycles. The van der Waals surface area contributed by atoms with E-state index in [9.17, 15) is 8.42 Å². The van der Waals surface area contributed by atoms with E-state index < -0.39 is 10.0 Å². The molecule has 0 bridgehead atoms. The molecular formula is C17H16N2O4S. The van der Waals surface area contributed by atoms with Crippen molar-refractivity contribution >= 4 is 15.7 Å². The van der Waals surface area contributed by atoms with E-state index in [2.05, 4.69) is 9.71 Å². The van der Waals surface area contributed by atoms with Crippen LogP contribution in [-0.2, 0) is 10.0 Å². The zero-order valence-corrected chi connectivity index (χ0v) is 14.0. The lowest BCUT2D eigenvalue weighted by atomic mass is 10.2. The maximum absolute atomic E-state index is 12.5. The minimum absolute atomic E-state index is 0.147. The Kier molecular flexibility index (Phi) is 4.26. The molecule has 3 aromatic rings. The first-order chi connectivity index (χ1) is 11.5. The minimum atomic E-state index is -3.72. The van der Waals surface area contributed by atoms with Gasteiger partial charge < -0.3 is 9.15 Å². The Morgan fingerprint density at radius 3 is 2.42 bits per heavy atom. The van der Waals surface area contributed by atoms with Gasteiger partial charge in [0.15, 0.2) is 11.7 Å². The largest absolute Gasteiger partial charge is 0.495 e. The highest BCUT2D eigenvalue weighted by molar-refractivity contribution is 7.92. The molecule has 0 unspecified atom stereocenters. The van der Waals surface area contributed by atoms with Crippen LogP contribution in [0.2, 0.25) is 0 Å². The predicted molar refractivity (Wildman–Crippen MR) is 90.5 cm³/mol. The molecule has 7 heteroatoms. The van der Waals surface area contributed by atoms with Crippen molar-refractivity contribution in [3.05, 3.63) is 60.6 Å². The van der Waals surface area contributed by atoms with Gasteiger partial charge in [0.25, 0.3) is 10.0 Å². The quantitative estimate of drug-likeness (QED) is 0.766. The number of methoxy groups -OCH3 is 1. The van der Waals surface area contributed by atoms with Crippen molar-refractivity contribution in [2.24, 2.45) is 0 Å². The molecule has 0 atom stereocenters. The van der Waals surface area contributed by atoms with Crippen molar-refractivity contribution in [3.63, 3.8) is 0 Å². The van der Waals surface area contributed by atoms with Crippen LogP contribution in [-0.4, -0.2) is 20.5 Å². The van der Waals surface area contributed by atoms with Crippen molar-refractivity contribution in [2.75, 3.05) is 11.8 Å². The highest BCUT2D eigenvalue weighted by Gasteiger charge is 2.16. The van der Waals surface area contributed by atoms with Crippen LogP contribution in [0.5, 0.6) is 5.75 Å². The van der Waals surface area contributed by atoms with Crippen molar-refractivity contribution in [1.82, 2.24) is 4.98 Å². The van der Waals surface area contributed by atoms with Gasteiger partial charge >= 0.3 is 0 Å². The molecule has 0 aliphatic heterocycles. The number of sulfonamides is 1.